The molecule has 0 N–H and O–H groups in total. The van der Waals surface area contributed by atoms with E-state index in [0.717, 1.165) is 64.2 Å². The van der Waals surface area contributed by atoms with Crippen molar-refractivity contribution in [2.45, 2.75) is 99.0 Å². The summed E-state index contributed by atoms with van der Waals surface area (Å²) >= 11 is 0. The maximum absolute atomic E-state index is 17.2. The van der Waals surface area contributed by atoms with Gasteiger partial charge in [0.15, 0.2) is 5.82 Å². The van der Waals surface area contributed by atoms with Crippen molar-refractivity contribution in [2.24, 2.45) is 5.92 Å². The lowest BCUT2D eigenvalue weighted by molar-refractivity contribution is 0.0272. The van der Waals surface area contributed by atoms with E-state index in [1.54, 1.807) is 11.0 Å². The van der Waals surface area contributed by atoms with Gasteiger partial charge in [0.1, 0.15) is 5.60 Å². The lowest BCUT2D eigenvalue weighted by atomic mass is 9.96. The first-order chi connectivity index (χ1) is 23.0. The Hall–Kier alpha value is -4.47. The molecule has 10 heteroatoms. The topological polar surface area (TPSA) is 85.5 Å². The van der Waals surface area contributed by atoms with Gasteiger partial charge >= 0.3 is 6.09 Å². The Balaban J connectivity index is 1.39. The highest BCUT2D eigenvalue weighted by molar-refractivity contribution is 6.05. The zero-order chi connectivity index (χ0) is 33.9. The SMILES string of the molecule is CCc1nc(C)ccc1-c1cc(C(=O)N2Cc3cnn(CC)c3C2)cc2c(F)c(C3=CCCN(C(=O)OC(C)(C)C)C3)n(CC3CC3)c12. The van der Waals surface area contributed by atoms with Gasteiger partial charge in [-0.05, 0) is 90.0 Å². The number of hydrogen-bond acceptors (Lipinski definition) is 5. The third-order valence-electron chi connectivity index (χ3n) is 9.65. The van der Waals surface area contributed by atoms with Crippen LogP contribution < -0.4 is 0 Å². The van der Waals surface area contributed by atoms with Gasteiger partial charge in [0.2, 0.25) is 0 Å². The van der Waals surface area contributed by atoms with Crippen LogP contribution in [0.5, 0.6) is 0 Å². The van der Waals surface area contributed by atoms with E-state index in [1.165, 1.54) is 0 Å². The summed E-state index contributed by atoms with van der Waals surface area (Å²) in [4.78, 5) is 35.7. The van der Waals surface area contributed by atoms with Gasteiger partial charge in [-0.1, -0.05) is 19.1 Å². The van der Waals surface area contributed by atoms with Crippen LogP contribution >= 0.6 is 0 Å². The highest BCUT2D eigenvalue weighted by Gasteiger charge is 2.34. The van der Waals surface area contributed by atoms with Gasteiger partial charge in [0, 0.05) is 65.2 Å². The van der Waals surface area contributed by atoms with E-state index in [9.17, 15) is 9.59 Å². The smallest absolute Gasteiger partial charge is 0.410 e. The molecular weight excluding hydrogens is 607 g/mol. The summed E-state index contributed by atoms with van der Waals surface area (Å²) in [6.45, 7) is 14.7. The minimum absolute atomic E-state index is 0.140. The average molecular weight is 653 g/mol. The Bertz CT molecular complexity index is 1960. The van der Waals surface area contributed by atoms with Crippen LogP contribution in [0.4, 0.5) is 9.18 Å². The second-order valence-corrected chi connectivity index (χ2v) is 14.5. The van der Waals surface area contributed by atoms with Gasteiger partial charge in [0.05, 0.1) is 36.2 Å². The van der Waals surface area contributed by atoms with Gasteiger partial charge in [-0.25, -0.2) is 9.18 Å². The summed E-state index contributed by atoms with van der Waals surface area (Å²) in [6.07, 6.45) is 6.97. The molecule has 0 atom stereocenters. The van der Waals surface area contributed by atoms with E-state index in [-0.39, 0.29) is 18.3 Å². The fourth-order valence-corrected chi connectivity index (χ4v) is 7.16. The molecule has 48 heavy (non-hydrogen) atoms. The molecule has 0 spiro atoms. The van der Waals surface area contributed by atoms with Crippen molar-refractivity contribution >= 4 is 28.5 Å². The molecule has 0 radical (unpaired) electrons. The van der Waals surface area contributed by atoms with Crippen molar-refractivity contribution < 1.29 is 18.7 Å². The number of carbonyl (C=O) groups excluding carboxylic acids is 2. The van der Waals surface area contributed by atoms with Crippen LogP contribution in [-0.4, -0.2) is 59.8 Å². The molecule has 1 aliphatic carbocycles. The zero-order valence-electron chi connectivity index (χ0n) is 28.9. The first kappa shape index (κ1) is 32.1. The van der Waals surface area contributed by atoms with E-state index in [0.29, 0.717) is 61.6 Å². The van der Waals surface area contributed by atoms with Gasteiger partial charge < -0.3 is 19.1 Å². The average Bonchev–Trinajstić information content (AvgIpc) is 3.54. The summed E-state index contributed by atoms with van der Waals surface area (Å²) in [7, 11) is 0. The van der Waals surface area contributed by atoms with E-state index in [1.807, 2.05) is 62.5 Å². The first-order valence-electron chi connectivity index (χ1n) is 17.3. The number of benzene rings is 1. The van der Waals surface area contributed by atoms with Crippen LogP contribution in [0, 0.1) is 18.7 Å². The largest absolute Gasteiger partial charge is 0.444 e. The molecule has 1 saturated carbocycles. The van der Waals surface area contributed by atoms with Gasteiger partial charge in [-0.3, -0.25) is 14.5 Å². The Kier molecular flexibility index (Phi) is 8.16. The van der Waals surface area contributed by atoms with Crippen LogP contribution in [0.2, 0.25) is 0 Å². The molecule has 0 saturated heterocycles. The number of rotatable bonds is 7. The summed E-state index contributed by atoms with van der Waals surface area (Å²) in [5, 5.41) is 4.87. The van der Waals surface area contributed by atoms with Crippen molar-refractivity contribution in [2.75, 3.05) is 13.1 Å². The van der Waals surface area contributed by atoms with Crippen LogP contribution in [-0.2, 0) is 37.3 Å². The number of nitrogens with zero attached hydrogens (tertiary/aromatic N) is 6. The van der Waals surface area contributed by atoms with Crippen molar-refractivity contribution in [1.29, 1.82) is 0 Å². The molecule has 9 nitrogen and oxygen atoms in total. The molecule has 252 valence electrons. The third kappa shape index (κ3) is 5.90. The molecule has 7 rings (SSSR count). The number of carbonyl (C=O) groups is 2. The molecule has 5 heterocycles. The molecule has 3 aromatic heterocycles. The van der Waals surface area contributed by atoms with Crippen LogP contribution in [0.25, 0.3) is 27.6 Å². The van der Waals surface area contributed by atoms with Crippen LogP contribution in [0.3, 0.4) is 0 Å². The molecule has 1 aromatic carbocycles. The van der Waals surface area contributed by atoms with Crippen molar-refractivity contribution in [1.82, 2.24) is 29.1 Å². The van der Waals surface area contributed by atoms with Crippen molar-refractivity contribution in [3.63, 3.8) is 0 Å². The summed E-state index contributed by atoms with van der Waals surface area (Å²) in [6, 6.07) is 7.72. The maximum Gasteiger partial charge on any atom is 0.410 e. The van der Waals surface area contributed by atoms with E-state index < -0.39 is 11.7 Å². The summed E-state index contributed by atoms with van der Waals surface area (Å²) in [5.74, 6) is -0.0515. The van der Waals surface area contributed by atoms with Gasteiger partial charge in [-0.2, -0.15) is 5.10 Å². The van der Waals surface area contributed by atoms with E-state index in [4.69, 9.17) is 9.72 Å². The van der Waals surface area contributed by atoms with Crippen molar-refractivity contribution in [3.8, 4) is 11.1 Å². The lowest BCUT2D eigenvalue weighted by Gasteiger charge is -2.30. The highest BCUT2D eigenvalue weighted by atomic mass is 19.1. The van der Waals surface area contributed by atoms with Crippen molar-refractivity contribution in [3.05, 3.63) is 76.3 Å². The summed E-state index contributed by atoms with van der Waals surface area (Å²) < 4.78 is 27.0. The van der Waals surface area contributed by atoms with Gasteiger partial charge in [-0.15, -0.1) is 0 Å². The lowest BCUT2D eigenvalue weighted by Crippen LogP contribution is -2.40. The highest BCUT2D eigenvalue weighted by Crippen LogP contribution is 2.42. The number of halogens is 1. The Morgan fingerprint density at radius 2 is 1.83 bits per heavy atom. The number of aryl methyl sites for hydroxylation is 3. The maximum atomic E-state index is 17.2. The van der Waals surface area contributed by atoms with E-state index in [2.05, 4.69) is 28.7 Å². The second-order valence-electron chi connectivity index (χ2n) is 14.5. The Morgan fingerprint density at radius 3 is 2.54 bits per heavy atom. The normalized spacial score (nSPS) is 16.4. The number of ether oxygens (including phenoxy) is 1. The number of amides is 2. The molecule has 0 bridgehead atoms. The number of hydrogen-bond donors (Lipinski definition) is 0. The predicted molar refractivity (Wildman–Crippen MR) is 184 cm³/mol. The van der Waals surface area contributed by atoms with E-state index >= 15 is 4.39 Å². The molecule has 2 aliphatic heterocycles. The molecule has 1 fully saturated rings. The van der Waals surface area contributed by atoms with Crippen LogP contribution in [0.15, 0.2) is 36.5 Å². The minimum atomic E-state index is -0.631. The first-order valence-corrected chi connectivity index (χ1v) is 17.3. The molecule has 0 unspecified atom stereocenters. The Morgan fingerprint density at radius 1 is 1.04 bits per heavy atom. The Labute approximate surface area is 281 Å². The monoisotopic (exact) mass is 652 g/mol. The molecule has 3 aliphatic rings. The fraction of sp³-hybridized carbons (Fsp3) is 0.474. The second kappa shape index (κ2) is 12.2. The predicted octanol–water partition coefficient (Wildman–Crippen LogP) is 7.52. The molecule has 2 amide bonds. The molecule has 4 aromatic rings. The number of pyridine rings is 1. The zero-order valence-corrected chi connectivity index (χ0v) is 28.9. The van der Waals surface area contributed by atoms with Gasteiger partial charge in [0.25, 0.3) is 5.91 Å². The molecular formula is C38H45FN6O3. The fourth-order valence-electron chi connectivity index (χ4n) is 7.16. The third-order valence-corrected chi connectivity index (χ3v) is 9.65. The number of fused-ring (bicyclic) bond motifs is 2. The minimum Gasteiger partial charge on any atom is -0.444 e. The quantitative estimate of drug-likeness (QED) is 0.206. The summed E-state index contributed by atoms with van der Waals surface area (Å²) in [5.41, 5.74) is 7.47. The number of aromatic nitrogens is 4. The standard InChI is InChI=1S/C38H45FN6O3/c1-7-31-28(14-11-23(3)41-31)29-16-26(36(46)43-21-27-18-40-45(8-2)32(27)22-43)17-30-33(39)34(44(35(29)30)19-24-12-13-24)25-10-9-15-42(20-25)37(47)48-38(4,5)6/h10-11,14,16-18,24H,7-9,12-13,15,19-22H2,1-6H3. The van der Waals surface area contributed by atoms with Crippen LogP contribution in [0.1, 0.15) is 92.6 Å².